The summed E-state index contributed by atoms with van der Waals surface area (Å²) in [6.07, 6.45) is 2.05. The minimum Gasteiger partial charge on any atom is -0.353 e. The predicted molar refractivity (Wildman–Crippen MR) is 90.6 cm³/mol. The topological polar surface area (TPSA) is 66.5 Å². The SMILES string of the molecule is CCC(C)NC(=O)C1CCN(S(=O)(=O)c2ccc(C)cc2)CC1. The lowest BCUT2D eigenvalue weighted by Crippen LogP contribution is -2.44. The maximum Gasteiger partial charge on any atom is 0.243 e. The van der Waals surface area contributed by atoms with Crippen LogP contribution in [-0.4, -0.2) is 37.8 Å². The van der Waals surface area contributed by atoms with E-state index in [2.05, 4.69) is 5.32 Å². The van der Waals surface area contributed by atoms with Crippen LogP contribution in [0.2, 0.25) is 0 Å². The Labute approximate surface area is 139 Å². The zero-order valence-electron chi connectivity index (χ0n) is 14.1. The maximum atomic E-state index is 12.6. The van der Waals surface area contributed by atoms with Gasteiger partial charge in [-0.1, -0.05) is 24.6 Å². The van der Waals surface area contributed by atoms with E-state index >= 15 is 0 Å². The summed E-state index contributed by atoms with van der Waals surface area (Å²) >= 11 is 0. The van der Waals surface area contributed by atoms with Crippen LogP contribution in [0.4, 0.5) is 0 Å². The normalized spacial score (nSPS) is 18.6. The van der Waals surface area contributed by atoms with E-state index in [1.165, 1.54) is 4.31 Å². The summed E-state index contributed by atoms with van der Waals surface area (Å²) in [5.74, 6) is -0.0415. The smallest absolute Gasteiger partial charge is 0.243 e. The van der Waals surface area contributed by atoms with E-state index in [1.54, 1.807) is 24.3 Å². The molecule has 1 fully saturated rings. The van der Waals surface area contributed by atoms with E-state index in [0.717, 1.165) is 12.0 Å². The van der Waals surface area contributed by atoms with Crippen LogP contribution in [0.15, 0.2) is 29.2 Å². The summed E-state index contributed by atoms with van der Waals surface area (Å²) in [6, 6.07) is 7.06. The Morgan fingerprint density at radius 2 is 1.83 bits per heavy atom. The highest BCUT2D eigenvalue weighted by molar-refractivity contribution is 7.89. The van der Waals surface area contributed by atoms with Crippen LogP contribution in [0.5, 0.6) is 0 Å². The molecule has 1 aliphatic rings. The summed E-state index contributed by atoms with van der Waals surface area (Å²) in [7, 11) is -3.45. The van der Waals surface area contributed by atoms with Crippen molar-refractivity contribution >= 4 is 15.9 Å². The number of benzene rings is 1. The molecule has 1 aromatic rings. The molecule has 23 heavy (non-hydrogen) atoms. The molecule has 1 aliphatic heterocycles. The van der Waals surface area contributed by atoms with Crippen molar-refractivity contribution in [3.05, 3.63) is 29.8 Å². The van der Waals surface area contributed by atoms with Gasteiger partial charge in [-0.2, -0.15) is 4.31 Å². The first-order chi connectivity index (χ1) is 10.8. The van der Waals surface area contributed by atoms with Crippen molar-refractivity contribution in [3.63, 3.8) is 0 Å². The van der Waals surface area contributed by atoms with E-state index < -0.39 is 10.0 Å². The fraction of sp³-hybridized carbons (Fsp3) is 0.588. The molecule has 0 aromatic heterocycles. The highest BCUT2D eigenvalue weighted by atomic mass is 32.2. The van der Waals surface area contributed by atoms with Gasteiger partial charge in [-0.05, 0) is 45.2 Å². The Balaban J connectivity index is 1.98. The molecule has 1 unspecified atom stereocenters. The molecule has 5 nitrogen and oxygen atoms in total. The van der Waals surface area contributed by atoms with Crippen LogP contribution in [0.3, 0.4) is 0 Å². The van der Waals surface area contributed by atoms with Gasteiger partial charge in [-0.3, -0.25) is 4.79 Å². The lowest BCUT2D eigenvalue weighted by molar-refractivity contribution is -0.126. The molecule has 1 amide bonds. The Morgan fingerprint density at radius 1 is 1.26 bits per heavy atom. The zero-order chi connectivity index (χ0) is 17.0. The summed E-state index contributed by atoms with van der Waals surface area (Å²) in [5.41, 5.74) is 1.03. The van der Waals surface area contributed by atoms with Gasteiger partial charge in [-0.15, -0.1) is 0 Å². The molecular weight excluding hydrogens is 312 g/mol. The molecule has 1 heterocycles. The first-order valence-corrected chi connectivity index (χ1v) is 9.65. The Kier molecular flexibility index (Phi) is 5.81. The maximum absolute atomic E-state index is 12.6. The number of nitrogens with one attached hydrogen (secondary N) is 1. The molecule has 1 saturated heterocycles. The average Bonchev–Trinajstić information content (AvgIpc) is 2.55. The van der Waals surface area contributed by atoms with Gasteiger partial charge in [0.25, 0.3) is 0 Å². The quantitative estimate of drug-likeness (QED) is 0.896. The highest BCUT2D eigenvalue weighted by Crippen LogP contribution is 2.24. The summed E-state index contributed by atoms with van der Waals surface area (Å²) < 4.78 is 26.7. The highest BCUT2D eigenvalue weighted by Gasteiger charge is 2.32. The summed E-state index contributed by atoms with van der Waals surface area (Å²) in [6.45, 7) is 6.73. The lowest BCUT2D eigenvalue weighted by Gasteiger charge is -2.31. The van der Waals surface area contributed by atoms with E-state index in [9.17, 15) is 13.2 Å². The average molecular weight is 338 g/mol. The zero-order valence-corrected chi connectivity index (χ0v) is 14.9. The van der Waals surface area contributed by atoms with Gasteiger partial charge in [0.2, 0.25) is 15.9 Å². The number of hydrogen-bond donors (Lipinski definition) is 1. The monoisotopic (exact) mass is 338 g/mol. The number of piperidine rings is 1. The molecule has 2 rings (SSSR count). The number of hydrogen-bond acceptors (Lipinski definition) is 3. The van der Waals surface area contributed by atoms with Gasteiger partial charge in [0.15, 0.2) is 0 Å². The molecule has 0 radical (unpaired) electrons. The van der Waals surface area contributed by atoms with Gasteiger partial charge in [0.1, 0.15) is 0 Å². The minimum absolute atomic E-state index is 0.0479. The number of nitrogens with zero attached hydrogens (tertiary/aromatic N) is 1. The number of sulfonamides is 1. The molecule has 6 heteroatoms. The fourth-order valence-electron chi connectivity index (χ4n) is 2.68. The van der Waals surface area contributed by atoms with Crippen molar-refractivity contribution in [2.45, 2.75) is 51.0 Å². The molecule has 0 saturated carbocycles. The van der Waals surface area contributed by atoms with Crippen molar-refractivity contribution < 1.29 is 13.2 Å². The second-order valence-electron chi connectivity index (χ2n) is 6.31. The number of amides is 1. The van der Waals surface area contributed by atoms with Crippen LogP contribution < -0.4 is 5.32 Å². The Morgan fingerprint density at radius 3 is 2.35 bits per heavy atom. The lowest BCUT2D eigenvalue weighted by atomic mass is 9.97. The standard InChI is InChI=1S/C17H26N2O3S/c1-4-14(3)18-17(20)15-9-11-19(12-10-15)23(21,22)16-7-5-13(2)6-8-16/h5-8,14-15H,4,9-12H2,1-3H3,(H,18,20). The van der Waals surface area contributed by atoms with Crippen molar-refractivity contribution in [2.24, 2.45) is 5.92 Å². The van der Waals surface area contributed by atoms with Crippen LogP contribution in [0.1, 0.15) is 38.7 Å². The third kappa shape index (κ3) is 4.32. The Hall–Kier alpha value is -1.40. The van der Waals surface area contributed by atoms with Crippen LogP contribution in [-0.2, 0) is 14.8 Å². The molecular formula is C17H26N2O3S. The number of rotatable bonds is 5. The van der Waals surface area contributed by atoms with E-state index in [4.69, 9.17) is 0 Å². The van der Waals surface area contributed by atoms with Crippen LogP contribution in [0, 0.1) is 12.8 Å². The fourth-order valence-corrected chi connectivity index (χ4v) is 4.15. The number of carbonyl (C=O) groups excluding carboxylic acids is 1. The summed E-state index contributed by atoms with van der Waals surface area (Å²) in [5, 5.41) is 2.98. The van der Waals surface area contributed by atoms with Crippen molar-refractivity contribution in [1.82, 2.24) is 9.62 Å². The van der Waals surface area contributed by atoms with Gasteiger partial charge in [-0.25, -0.2) is 8.42 Å². The number of aryl methyl sites for hydroxylation is 1. The van der Waals surface area contributed by atoms with Gasteiger partial charge >= 0.3 is 0 Å². The predicted octanol–water partition coefficient (Wildman–Crippen LogP) is 2.31. The third-order valence-corrected chi connectivity index (χ3v) is 6.40. The first kappa shape index (κ1) is 17.9. The van der Waals surface area contributed by atoms with E-state index in [-0.39, 0.29) is 17.9 Å². The van der Waals surface area contributed by atoms with Crippen molar-refractivity contribution in [2.75, 3.05) is 13.1 Å². The molecule has 0 aliphatic carbocycles. The molecule has 1 aromatic carbocycles. The second kappa shape index (κ2) is 7.45. The second-order valence-corrected chi connectivity index (χ2v) is 8.25. The molecule has 1 N–H and O–H groups in total. The molecule has 0 spiro atoms. The van der Waals surface area contributed by atoms with E-state index in [1.807, 2.05) is 20.8 Å². The van der Waals surface area contributed by atoms with Gasteiger partial charge in [0, 0.05) is 25.0 Å². The summed E-state index contributed by atoms with van der Waals surface area (Å²) in [4.78, 5) is 12.5. The Bertz CT molecular complexity index is 632. The molecule has 128 valence electrons. The first-order valence-electron chi connectivity index (χ1n) is 8.21. The van der Waals surface area contributed by atoms with E-state index in [0.29, 0.717) is 30.8 Å². The molecule has 0 bridgehead atoms. The van der Waals surface area contributed by atoms with Gasteiger partial charge < -0.3 is 5.32 Å². The largest absolute Gasteiger partial charge is 0.353 e. The molecule has 1 atom stereocenters. The van der Waals surface area contributed by atoms with Crippen molar-refractivity contribution in [1.29, 1.82) is 0 Å². The van der Waals surface area contributed by atoms with Gasteiger partial charge in [0.05, 0.1) is 4.90 Å². The van der Waals surface area contributed by atoms with Crippen LogP contribution in [0.25, 0.3) is 0 Å². The van der Waals surface area contributed by atoms with Crippen molar-refractivity contribution in [3.8, 4) is 0 Å². The number of carbonyl (C=O) groups is 1. The third-order valence-electron chi connectivity index (χ3n) is 4.48. The van der Waals surface area contributed by atoms with Crippen LogP contribution >= 0.6 is 0 Å². The minimum atomic E-state index is -3.45.